The summed E-state index contributed by atoms with van der Waals surface area (Å²) in [4.78, 5) is 0. The van der Waals surface area contributed by atoms with Crippen LogP contribution in [-0.4, -0.2) is 0 Å². The monoisotopic (exact) mass is 924 g/mol. The molecule has 338 valence electrons. The van der Waals surface area contributed by atoms with Crippen molar-refractivity contribution in [1.82, 2.24) is 0 Å². The molecule has 0 unspecified atom stereocenters. The molecule has 0 bridgehead atoms. The van der Waals surface area contributed by atoms with E-state index in [-0.39, 0.29) is 0 Å². The fourth-order valence-corrected chi connectivity index (χ4v) is 12.3. The van der Waals surface area contributed by atoms with Crippen LogP contribution in [0.4, 0.5) is 0 Å². The van der Waals surface area contributed by atoms with Crippen molar-refractivity contribution in [2.24, 2.45) is 0 Å². The highest BCUT2D eigenvalue weighted by Gasteiger charge is 2.22. The summed E-state index contributed by atoms with van der Waals surface area (Å²) in [6.45, 7) is 0. The summed E-state index contributed by atoms with van der Waals surface area (Å²) >= 11 is 0. The molecule has 0 spiro atoms. The van der Waals surface area contributed by atoms with E-state index in [1.807, 2.05) is 0 Å². The highest BCUT2D eigenvalue weighted by molar-refractivity contribution is 6.27. The summed E-state index contributed by atoms with van der Waals surface area (Å²) in [5, 5.41) is 17.0. The second-order valence-corrected chi connectivity index (χ2v) is 19.4. The predicted molar refractivity (Wildman–Crippen MR) is 311 cm³/mol. The SMILES string of the molecule is c1ccc2c(-c3ccc(-c4c5ccccc5c(-c5ccc6c(c5)oc5cccc(-c7c8ccccc8c(-c8ccc(-c9cccc%10ccccc9%10)cc8)c8ccccc78)c56)c5ccccc45)cc3)cccc2c1. The van der Waals surface area contributed by atoms with E-state index >= 15 is 0 Å². The van der Waals surface area contributed by atoms with Gasteiger partial charge in [0.2, 0.25) is 0 Å². The first kappa shape index (κ1) is 41.2. The molecular weight excluding hydrogens is 881 g/mol. The summed E-state index contributed by atoms with van der Waals surface area (Å²) in [7, 11) is 0. The minimum Gasteiger partial charge on any atom is -0.456 e. The van der Waals surface area contributed by atoms with E-state index in [1.54, 1.807) is 0 Å². The highest BCUT2D eigenvalue weighted by Crippen LogP contribution is 2.49. The molecule has 15 aromatic rings. The summed E-state index contributed by atoms with van der Waals surface area (Å²) in [5.41, 5.74) is 16.3. The molecule has 0 radical (unpaired) electrons. The minimum absolute atomic E-state index is 0.873. The average molecular weight is 925 g/mol. The van der Waals surface area contributed by atoms with E-state index in [9.17, 15) is 0 Å². The first-order valence-electron chi connectivity index (χ1n) is 25.2. The van der Waals surface area contributed by atoms with Gasteiger partial charge in [-0.25, -0.2) is 0 Å². The first-order chi connectivity index (χ1) is 36.2. The van der Waals surface area contributed by atoms with Crippen molar-refractivity contribution < 1.29 is 4.42 Å². The number of rotatable bonds is 6. The lowest BCUT2D eigenvalue weighted by Crippen LogP contribution is -1.91. The lowest BCUT2D eigenvalue weighted by Gasteiger charge is -2.18. The van der Waals surface area contributed by atoms with Crippen LogP contribution in [0.15, 0.2) is 271 Å². The minimum atomic E-state index is 0.873. The van der Waals surface area contributed by atoms with Gasteiger partial charge in [0.25, 0.3) is 0 Å². The summed E-state index contributed by atoms with van der Waals surface area (Å²) < 4.78 is 6.96. The maximum Gasteiger partial charge on any atom is 0.136 e. The number of hydrogen-bond donors (Lipinski definition) is 0. The third-order valence-corrected chi connectivity index (χ3v) is 15.5. The zero-order valence-corrected chi connectivity index (χ0v) is 39.8. The van der Waals surface area contributed by atoms with E-state index < -0.39 is 0 Å². The van der Waals surface area contributed by atoms with Crippen LogP contribution in [0, 0.1) is 0 Å². The number of fused-ring (bicyclic) bond motifs is 9. The van der Waals surface area contributed by atoms with Gasteiger partial charge in [-0.05, 0) is 150 Å². The summed E-state index contributed by atoms with van der Waals surface area (Å²) in [6, 6.07) is 97.9. The third kappa shape index (κ3) is 6.49. The quantitative estimate of drug-likeness (QED) is 0.151. The van der Waals surface area contributed by atoms with Gasteiger partial charge in [-0.2, -0.15) is 0 Å². The van der Waals surface area contributed by atoms with E-state index in [0.717, 1.165) is 27.5 Å². The van der Waals surface area contributed by atoms with Crippen molar-refractivity contribution in [1.29, 1.82) is 0 Å². The fourth-order valence-electron chi connectivity index (χ4n) is 12.3. The highest BCUT2D eigenvalue weighted by atomic mass is 16.3. The second kappa shape index (κ2) is 16.5. The zero-order valence-electron chi connectivity index (χ0n) is 39.8. The molecule has 0 aliphatic heterocycles. The average Bonchev–Trinajstić information content (AvgIpc) is 3.84. The van der Waals surface area contributed by atoms with Crippen molar-refractivity contribution >= 4 is 86.6 Å². The lowest BCUT2D eigenvalue weighted by molar-refractivity contribution is 0.669. The van der Waals surface area contributed by atoms with Crippen LogP contribution in [0.3, 0.4) is 0 Å². The van der Waals surface area contributed by atoms with Crippen LogP contribution in [0.2, 0.25) is 0 Å². The maximum atomic E-state index is 6.96. The van der Waals surface area contributed by atoms with E-state index in [2.05, 4.69) is 267 Å². The van der Waals surface area contributed by atoms with E-state index in [0.29, 0.717) is 0 Å². The molecule has 0 fully saturated rings. The Hall–Kier alpha value is -9.56. The second-order valence-electron chi connectivity index (χ2n) is 19.4. The summed E-state index contributed by atoms with van der Waals surface area (Å²) in [5.74, 6) is 0. The van der Waals surface area contributed by atoms with Gasteiger partial charge in [0.15, 0.2) is 0 Å². The molecular formula is C72H44O. The topological polar surface area (TPSA) is 13.1 Å². The van der Waals surface area contributed by atoms with Gasteiger partial charge in [0.05, 0.1) is 0 Å². The van der Waals surface area contributed by atoms with Crippen LogP contribution in [0.5, 0.6) is 0 Å². The van der Waals surface area contributed by atoms with E-state index in [4.69, 9.17) is 4.42 Å². The van der Waals surface area contributed by atoms with Crippen LogP contribution in [-0.2, 0) is 0 Å². The Kier molecular flexibility index (Phi) is 9.33. The zero-order chi connectivity index (χ0) is 48.0. The molecule has 0 N–H and O–H groups in total. The van der Waals surface area contributed by atoms with Crippen molar-refractivity contribution in [2.75, 3.05) is 0 Å². The van der Waals surface area contributed by atoms with Crippen molar-refractivity contribution in [3.8, 4) is 66.8 Å². The van der Waals surface area contributed by atoms with Crippen molar-refractivity contribution in [3.63, 3.8) is 0 Å². The predicted octanol–water partition coefficient (Wildman–Crippen LogP) is 20.5. The molecule has 15 rings (SSSR count). The Bertz CT molecular complexity index is 4580. The van der Waals surface area contributed by atoms with Gasteiger partial charge in [-0.3, -0.25) is 0 Å². The number of benzene rings is 14. The Morgan fingerprint density at radius 1 is 0.192 bits per heavy atom. The molecule has 73 heavy (non-hydrogen) atoms. The van der Waals surface area contributed by atoms with Gasteiger partial charge in [0.1, 0.15) is 11.2 Å². The Morgan fingerprint density at radius 2 is 0.521 bits per heavy atom. The van der Waals surface area contributed by atoms with E-state index in [1.165, 1.54) is 126 Å². The van der Waals surface area contributed by atoms with Crippen LogP contribution in [0.25, 0.3) is 153 Å². The van der Waals surface area contributed by atoms with Gasteiger partial charge in [-0.1, -0.05) is 249 Å². The Morgan fingerprint density at radius 3 is 0.973 bits per heavy atom. The molecule has 0 aliphatic rings. The smallest absolute Gasteiger partial charge is 0.136 e. The first-order valence-corrected chi connectivity index (χ1v) is 25.2. The summed E-state index contributed by atoms with van der Waals surface area (Å²) in [6.07, 6.45) is 0. The molecule has 1 heteroatoms. The number of furan rings is 1. The normalized spacial score (nSPS) is 11.8. The van der Waals surface area contributed by atoms with Gasteiger partial charge >= 0.3 is 0 Å². The molecule has 1 aromatic heterocycles. The molecule has 1 nitrogen and oxygen atoms in total. The molecule has 0 atom stereocenters. The Labute approximate surface area is 422 Å². The third-order valence-electron chi connectivity index (χ3n) is 15.5. The molecule has 0 amide bonds. The van der Waals surface area contributed by atoms with Crippen LogP contribution < -0.4 is 0 Å². The molecule has 0 saturated heterocycles. The molecule has 0 saturated carbocycles. The lowest BCUT2D eigenvalue weighted by atomic mass is 9.84. The molecule has 1 heterocycles. The standard InChI is InChI=1S/C72H44O/c1-3-20-52-45(16-1)18-13-30-54(52)47-34-38-49(39-35-47)68-56-22-5-7-24-58(56)70(59-25-8-6-23-57(59)68)51-42-43-64-67(44-51)73-66-33-15-32-65(72(64)66)71-62-28-11-9-26-60(62)69(61-27-10-12-29-63(61)71)50-40-36-48(37-41-50)55-31-14-19-46-17-2-4-21-53(46)55/h1-44H. The van der Waals surface area contributed by atoms with Crippen molar-refractivity contribution in [2.45, 2.75) is 0 Å². The number of hydrogen-bond acceptors (Lipinski definition) is 1. The van der Waals surface area contributed by atoms with Crippen molar-refractivity contribution in [3.05, 3.63) is 267 Å². The van der Waals surface area contributed by atoms with Gasteiger partial charge in [0, 0.05) is 10.8 Å². The van der Waals surface area contributed by atoms with Gasteiger partial charge in [-0.15, -0.1) is 0 Å². The van der Waals surface area contributed by atoms with Crippen LogP contribution in [0.1, 0.15) is 0 Å². The molecule has 0 aliphatic carbocycles. The fraction of sp³-hybridized carbons (Fsp3) is 0. The van der Waals surface area contributed by atoms with Crippen LogP contribution >= 0.6 is 0 Å². The van der Waals surface area contributed by atoms with Gasteiger partial charge < -0.3 is 4.42 Å². The Balaban J connectivity index is 0.871. The largest absolute Gasteiger partial charge is 0.456 e. The molecule has 14 aromatic carbocycles. The maximum absolute atomic E-state index is 6.96.